The van der Waals surface area contributed by atoms with Crippen LogP contribution >= 0.6 is 11.3 Å². The van der Waals surface area contributed by atoms with E-state index in [2.05, 4.69) is 15.4 Å². The van der Waals surface area contributed by atoms with Crippen molar-refractivity contribution in [3.8, 4) is 0 Å². The zero-order chi connectivity index (χ0) is 23.9. The number of hydrogen-bond donors (Lipinski definition) is 6. The van der Waals surface area contributed by atoms with Gasteiger partial charge in [0.25, 0.3) is 21.6 Å². The lowest BCUT2D eigenvalue weighted by molar-refractivity contribution is -0.387. The van der Waals surface area contributed by atoms with Crippen molar-refractivity contribution in [3.05, 3.63) is 50.7 Å². The maximum Gasteiger partial charge on any atom is 0.326 e. The number of thiophene rings is 1. The van der Waals surface area contributed by atoms with Crippen molar-refractivity contribution in [1.82, 2.24) is 10.6 Å². The first-order valence-electron chi connectivity index (χ1n) is 9.15. The Bertz CT molecular complexity index is 1090. The summed E-state index contributed by atoms with van der Waals surface area (Å²) in [4.78, 5) is 33.7. The molecule has 0 radical (unpaired) electrons. The third-order valence-corrected chi connectivity index (χ3v) is 6.45. The smallest absolute Gasteiger partial charge is 0.326 e. The summed E-state index contributed by atoms with van der Waals surface area (Å²) in [6.45, 7) is 0.331. The van der Waals surface area contributed by atoms with Gasteiger partial charge in [-0.25, -0.2) is 13.2 Å². The van der Waals surface area contributed by atoms with E-state index in [0.29, 0.717) is 13.0 Å². The second-order valence-electron chi connectivity index (χ2n) is 6.48. The van der Waals surface area contributed by atoms with Crippen molar-refractivity contribution in [1.29, 1.82) is 0 Å². The van der Waals surface area contributed by atoms with Gasteiger partial charge in [-0.3, -0.25) is 24.9 Å². The predicted molar refractivity (Wildman–Crippen MR) is 117 cm³/mol. The van der Waals surface area contributed by atoms with Crippen molar-refractivity contribution in [2.45, 2.75) is 30.1 Å². The highest BCUT2D eigenvalue weighted by Crippen LogP contribution is 2.29. The number of anilines is 1. The Hall–Kier alpha value is -3.11. The highest BCUT2D eigenvalue weighted by molar-refractivity contribution is 7.92. The fourth-order valence-corrected chi connectivity index (χ4v) is 4.72. The number of carbonyl (C=O) groups excluding carboxylic acids is 1. The van der Waals surface area contributed by atoms with Crippen LogP contribution in [0, 0.1) is 10.1 Å². The van der Waals surface area contributed by atoms with Gasteiger partial charge in [-0.15, -0.1) is 11.3 Å². The molecule has 0 saturated heterocycles. The van der Waals surface area contributed by atoms with Gasteiger partial charge in [0.15, 0.2) is 4.90 Å². The zero-order valence-electron chi connectivity index (χ0n) is 16.6. The van der Waals surface area contributed by atoms with Gasteiger partial charge in [0.2, 0.25) is 0 Å². The molecule has 0 bridgehead atoms. The van der Waals surface area contributed by atoms with Crippen LogP contribution in [0.15, 0.2) is 40.6 Å². The van der Waals surface area contributed by atoms with Crippen LogP contribution in [0.1, 0.15) is 22.5 Å². The number of carboxylic acids is 1. The lowest BCUT2D eigenvalue weighted by Crippen LogP contribution is -2.46. The number of nitrogens with one attached hydrogen (secondary N) is 3. The number of benzene rings is 1. The Morgan fingerprint density at radius 1 is 1.22 bits per heavy atom. The Kier molecular flexibility index (Phi) is 8.62. The van der Waals surface area contributed by atoms with Gasteiger partial charge < -0.3 is 21.9 Å². The number of amides is 1. The molecule has 0 aliphatic heterocycles. The summed E-state index contributed by atoms with van der Waals surface area (Å²) >= 11 is 0.879. The normalized spacial score (nSPS) is 12.3. The standard InChI is InChI=1S/C17H22N6O7S2/c18-17(19)20-8-3-4-11(16(25)26)21-15(24)14-10(7-9-31-14)22-32(29,30)13-6-2-1-5-12(13)23(27)28/h1-2,5-7,9,11,17,20,22H,3-4,8,18-19H2,(H,21,24)(H,25,26)/t11-/m0/s1. The maximum atomic E-state index is 12.7. The van der Waals surface area contributed by atoms with Crippen molar-refractivity contribution >= 4 is 44.6 Å². The second-order valence-corrected chi connectivity index (χ2v) is 9.05. The van der Waals surface area contributed by atoms with Crippen LogP contribution in [0.25, 0.3) is 0 Å². The molecule has 0 unspecified atom stereocenters. The zero-order valence-corrected chi connectivity index (χ0v) is 18.2. The van der Waals surface area contributed by atoms with Gasteiger partial charge in [0, 0.05) is 6.07 Å². The van der Waals surface area contributed by atoms with Crippen molar-refractivity contribution in [3.63, 3.8) is 0 Å². The first-order chi connectivity index (χ1) is 15.0. The SMILES string of the molecule is NC(N)NCCC[C@H](NC(=O)c1sccc1NS(=O)(=O)c1ccccc1[N+](=O)[O-])C(=O)O. The minimum absolute atomic E-state index is 0.0729. The molecule has 8 N–H and O–H groups in total. The van der Waals surface area contributed by atoms with Crippen molar-refractivity contribution < 1.29 is 28.0 Å². The summed E-state index contributed by atoms with van der Waals surface area (Å²) in [5.41, 5.74) is 9.91. The molecule has 2 rings (SSSR count). The van der Waals surface area contributed by atoms with E-state index in [0.717, 1.165) is 23.5 Å². The topological polar surface area (TPSA) is 220 Å². The van der Waals surface area contributed by atoms with Gasteiger partial charge in [-0.1, -0.05) is 12.1 Å². The number of nitro benzene ring substituents is 1. The number of rotatable bonds is 12. The van der Waals surface area contributed by atoms with Crippen LogP contribution in [0.2, 0.25) is 0 Å². The Morgan fingerprint density at radius 3 is 2.53 bits per heavy atom. The summed E-state index contributed by atoms with van der Waals surface area (Å²) in [6, 6.07) is 4.82. The molecule has 1 aromatic heterocycles. The van der Waals surface area contributed by atoms with E-state index < -0.39 is 49.7 Å². The van der Waals surface area contributed by atoms with E-state index >= 15 is 0 Å². The molecule has 32 heavy (non-hydrogen) atoms. The summed E-state index contributed by atoms with van der Waals surface area (Å²) < 4.78 is 27.5. The summed E-state index contributed by atoms with van der Waals surface area (Å²) in [5.74, 6) is -2.08. The molecule has 0 saturated carbocycles. The molecule has 0 fully saturated rings. The summed E-state index contributed by atoms with van der Waals surface area (Å²) in [6.07, 6.45) is -0.331. The molecule has 1 atom stereocenters. The van der Waals surface area contributed by atoms with Crippen LogP contribution in [-0.2, 0) is 14.8 Å². The molecular formula is C17H22N6O7S2. The van der Waals surface area contributed by atoms with E-state index in [1.807, 2.05) is 0 Å². The molecule has 0 aliphatic rings. The molecule has 1 aromatic carbocycles. The van der Waals surface area contributed by atoms with Gasteiger partial charge in [-0.05, 0) is 36.9 Å². The molecule has 0 spiro atoms. The molecule has 2 aromatic rings. The predicted octanol–water partition coefficient (Wildman–Crippen LogP) is 0.211. The fraction of sp³-hybridized carbons (Fsp3) is 0.294. The molecule has 0 aliphatic carbocycles. The summed E-state index contributed by atoms with van der Waals surface area (Å²) in [5, 5.41) is 27.0. The number of aliphatic carboxylic acids is 1. The Balaban J connectivity index is 2.16. The van der Waals surface area contributed by atoms with Crippen LogP contribution < -0.4 is 26.8 Å². The van der Waals surface area contributed by atoms with Crippen LogP contribution in [0.5, 0.6) is 0 Å². The second kappa shape index (κ2) is 11.0. The third kappa shape index (κ3) is 6.69. The first kappa shape index (κ1) is 25.2. The Labute approximate surface area is 187 Å². The number of sulfonamides is 1. The van der Waals surface area contributed by atoms with Crippen LogP contribution in [0.3, 0.4) is 0 Å². The number of nitrogens with two attached hydrogens (primary N) is 2. The molecule has 174 valence electrons. The van der Waals surface area contributed by atoms with E-state index in [-0.39, 0.29) is 17.0 Å². The number of carboxylic acid groups (broad SMARTS) is 1. The summed E-state index contributed by atoms with van der Waals surface area (Å²) in [7, 11) is -4.40. The minimum Gasteiger partial charge on any atom is -0.480 e. The third-order valence-electron chi connectivity index (χ3n) is 4.12. The largest absolute Gasteiger partial charge is 0.480 e. The van der Waals surface area contributed by atoms with Crippen molar-refractivity contribution in [2.24, 2.45) is 11.5 Å². The molecule has 13 nitrogen and oxygen atoms in total. The molecule has 1 heterocycles. The van der Waals surface area contributed by atoms with Gasteiger partial charge in [-0.2, -0.15) is 0 Å². The van der Waals surface area contributed by atoms with E-state index in [1.165, 1.54) is 23.6 Å². The average molecular weight is 487 g/mol. The average Bonchev–Trinajstić information content (AvgIpc) is 3.17. The molecular weight excluding hydrogens is 464 g/mol. The van der Waals surface area contributed by atoms with Crippen LogP contribution in [-0.4, -0.2) is 49.2 Å². The van der Waals surface area contributed by atoms with E-state index in [9.17, 15) is 33.2 Å². The quantitative estimate of drug-likeness (QED) is 0.104. The molecule has 15 heteroatoms. The highest BCUT2D eigenvalue weighted by atomic mass is 32.2. The first-order valence-corrected chi connectivity index (χ1v) is 11.5. The van der Waals surface area contributed by atoms with Gasteiger partial charge in [0.05, 0.1) is 10.6 Å². The lowest BCUT2D eigenvalue weighted by Gasteiger charge is -2.16. The van der Waals surface area contributed by atoms with Gasteiger partial charge in [0.1, 0.15) is 17.2 Å². The monoisotopic (exact) mass is 486 g/mol. The minimum atomic E-state index is -4.40. The number of para-hydroxylation sites is 1. The Morgan fingerprint density at radius 2 is 1.91 bits per heavy atom. The lowest BCUT2D eigenvalue weighted by atomic mass is 10.1. The van der Waals surface area contributed by atoms with E-state index in [1.54, 1.807) is 0 Å². The fourth-order valence-electron chi connectivity index (χ4n) is 2.66. The molecule has 1 amide bonds. The maximum absolute atomic E-state index is 12.7. The van der Waals surface area contributed by atoms with Crippen LogP contribution in [0.4, 0.5) is 11.4 Å². The highest BCUT2D eigenvalue weighted by Gasteiger charge is 2.28. The van der Waals surface area contributed by atoms with Crippen molar-refractivity contribution in [2.75, 3.05) is 11.3 Å². The number of nitro groups is 1. The number of hydrogen-bond acceptors (Lipinski definition) is 10. The van der Waals surface area contributed by atoms with E-state index in [4.69, 9.17) is 11.5 Å². The number of nitrogens with zero attached hydrogens (tertiary/aromatic N) is 1. The number of carbonyl (C=O) groups is 2. The van der Waals surface area contributed by atoms with Gasteiger partial charge >= 0.3 is 5.97 Å².